The number of phenolic OH excluding ortho intramolecular Hbond substituents is 1. The number of aliphatic hydroxyl groups is 2. The topological polar surface area (TPSA) is 722 Å². The zero-order valence-electron chi connectivity index (χ0n) is 78.3. The highest BCUT2D eigenvalue weighted by Gasteiger charge is 2.42. The number of likely N-dealkylation sites (tertiary alicyclic amines) is 1. The lowest BCUT2D eigenvalue weighted by Crippen LogP contribution is -2.62. The van der Waals surface area contributed by atoms with Crippen LogP contribution in [0.1, 0.15) is 137 Å². The number of carboxylic acids is 2. The number of aromatic amines is 2. The van der Waals surface area contributed by atoms with Crippen molar-refractivity contribution in [2.24, 2.45) is 35.1 Å². The third kappa shape index (κ3) is 35.9. The molecule has 46 nitrogen and oxygen atoms in total. The van der Waals surface area contributed by atoms with Gasteiger partial charge in [0.05, 0.1) is 44.8 Å². The lowest BCUT2D eigenvalue weighted by atomic mass is 10.00. The number of fused-ring (bicyclic) bond motifs is 2. The SMILES string of the molecule is CC(C)C[C@H](NC(=O)[C@H](CO)NC(=O)[C@H](CCC(N)=O)NC(=O)[C@H](CS)NC(=O)[C@@H](N)CC(C)C)C(=O)NCC(=O)N[C@H](C(=O)N[C@H](C(=O)N[C@@H](Cc1ccc(O)cc1)C(=O)N1CCC[C@H]1C(=O)NCC(=O)N[C@@H](Cc1c[nH]c2ccccc12)C(=O)N[C@@H](CC(C)C)C(=O)N[C@@H](CC(=O)O)C(=O)NCC(=O)N[C@@H](Cc1c[nH]c2ccccc12)C(=O)N[C@@H](CS)C(=O)N[C@@H](C)C(=O)O)[C@@H](C)O)C(C)C. The molecule has 18 amide bonds. The van der Waals surface area contributed by atoms with Gasteiger partial charge in [-0.2, -0.15) is 25.3 Å². The number of para-hydroxylation sites is 2. The zero-order chi connectivity index (χ0) is 103. The lowest BCUT2D eigenvalue weighted by Gasteiger charge is -2.31. The van der Waals surface area contributed by atoms with Gasteiger partial charge in [0.1, 0.15) is 90.3 Å². The van der Waals surface area contributed by atoms with Crippen molar-refractivity contribution < 1.29 is 121 Å². The summed E-state index contributed by atoms with van der Waals surface area (Å²) >= 11 is 8.31. The summed E-state index contributed by atoms with van der Waals surface area (Å²) in [5.41, 5.74) is 14.0. The quantitative estimate of drug-likeness (QED) is 0.0163. The maximum Gasteiger partial charge on any atom is 0.325 e. The van der Waals surface area contributed by atoms with E-state index in [1.54, 1.807) is 88.6 Å². The van der Waals surface area contributed by atoms with E-state index in [-0.39, 0.29) is 87.0 Å². The van der Waals surface area contributed by atoms with Crippen LogP contribution in [0, 0.1) is 23.7 Å². The number of aromatic nitrogens is 2. The highest BCUT2D eigenvalue weighted by atomic mass is 32.1. The standard InChI is InChI=1S/C90H129N21O25S2/c1-43(2)28-55(91)76(121)107-67(42-138)85(130)101-58(25-26-69(92)115)79(124)106-65(40-112)83(128)102-59(29-44(3)4)77(122)96-39-72(118)109-74(46(7)8)87(132)110-75(48(10)113)88(133)105-64(31-49-21-23-52(114)24-22-49)89(134)111-27-15-20-68(111)86(131)97-38-71(117)99-61(32-50-35-93-56-18-13-11-16-53(50)56)81(126)103-60(30-45(5)6)80(125)104-63(34-73(119)120)78(123)95-37-70(116)100-62(33-51-36-94-57-19-14-12-17-54(51)57)82(127)108-66(41-137)84(129)98-47(9)90(135)136/h11-14,16-19,21-24,35-36,43-48,55,58-68,74-75,93-94,112-114,137-138H,15,20,25-34,37-42,91H2,1-10H3,(H2,92,115)(H,95,123)(H,96,122)(H,97,131)(H,98,129)(H,99,117)(H,100,116)(H,101,130)(H,102,128)(H,103,126)(H,104,125)(H,105,133)(H,106,124)(H,107,121)(H,108,127)(H,109,118)(H,110,132)(H,119,120)(H,135,136)/t47-,48+,55-,58-,59-,60-,61-,62-,63-,64-,65-,66-,67-,68-,74-,75-/m0/s1. The van der Waals surface area contributed by atoms with Crippen LogP contribution in [-0.2, 0) is 115 Å². The molecule has 0 radical (unpaired) electrons. The van der Waals surface area contributed by atoms with Gasteiger partial charge in [-0.25, -0.2) is 0 Å². The molecule has 48 heteroatoms. The Morgan fingerprint density at radius 3 is 1.36 bits per heavy atom. The molecule has 2 aromatic heterocycles. The number of aliphatic hydroxyl groups excluding tert-OH is 2. The van der Waals surface area contributed by atoms with Crippen molar-refractivity contribution in [2.75, 3.05) is 44.3 Å². The Labute approximate surface area is 806 Å². The molecule has 0 aliphatic carbocycles. The van der Waals surface area contributed by atoms with Crippen LogP contribution >= 0.6 is 25.3 Å². The van der Waals surface area contributed by atoms with Crippen molar-refractivity contribution in [1.29, 1.82) is 0 Å². The smallest absolute Gasteiger partial charge is 0.325 e. The number of nitrogens with two attached hydrogens (primary N) is 2. The summed E-state index contributed by atoms with van der Waals surface area (Å²) in [7, 11) is 0. The zero-order valence-corrected chi connectivity index (χ0v) is 80.0. The number of phenols is 1. The number of aromatic hydroxyl groups is 1. The van der Waals surface area contributed by atoms with Crippen LogP contribution in [0.2, 0.25) is 0 Å². The monoisotopic (exact) mass is 1970 g/mol. The second-order valence-electron chi connectivity index (χ2n) is 35.3. The van der Waals surface area contributed by atoms with Crippen molar-refractivity contribution in [3.8, 4) is 5.75 Å². The third-order valence-corrected chi connectivity index (χ3v) is 22.9. The molecule has 0 unspecified atom stereocenters. The van der Waals surface area contributed by atoms with Crippen LogP contribution < -0.4 is 96.5 Å². The minimum atomic E-state index is -1.92. The van der Waals surface area contributed by atoms with E-state index in [0.717, 1.165) is 11.8 Å². The van der Waals surface area contributed by atoms with Gasteiger partial charge in [-0.05, 0) is 117 Å². The second-order valence-corrected chi connectivity index (χ2v) is 36.0. The summed E-state index contributed by atoms with van der Waals surface area (Å²) in [4.78, 5) is 281. The maximum absolute atomic E-state index is 15.0. The molecular formula is C90H129N21O25S2. The minimum Gasteiger partial charge on any atom is -0.508 e. The van der Waals surface area contributed by atoms with Crippen LogP contribution in [-0.4, -0.2) is 300 Å². The Morgan fingerprint density at radius 1 is 0.449 bits per heavy atom. The number of nitrogens with zero attached hydrogens (tertiary/aromatic N) is 1. The van der Waals surface area contributed by atoms with Crippen LogP contribution in [0.25, 0.3) is 21.8 Å². The number of rotatable bonds is 56. The maximum atomic E-state index is 15.0. The first-order valence-electron chi connectivity index (χ1n) is 45.0. The van der Waals surface area contributed by atoms with E-state index in [2.05, 4.69) is 120 Å². The molecule has 0 spiro atoms. The highest BCUT2D eigenvalue weighted by molar-refractivity contribution is 7.80. The molecule has 16 atom stereocenters. The van der Waals surface area contributed by atoms with Crippen LogP contribution in [0.15, 0.2) is 85.2 Å². The first-order chi connectivity index (χ1) is 65.1. The van der Waals surface area contributed by atoms with Crippen molar-refractivity contribution >= 4 is 165 Å². The second kappa shape index (κ2) is 55.1. The summed E-state index contributed by atoms with van der Waals surface area (Å²) in [6.45, 7) is 12.0. The van der Waals surface area contributed by atoms with Gasteiger partial charge in [-0.15, -0.1) is 0 Å². The van der Waals surface area contributed by atoms with E-state index in [1.165, 1.54) is 45.0 Å². The van der Waals surface area contributed by atoms with E-state index < -0.39 is 272 Å². The molecule has 3 aromatic carbocycles. The number of benzene rings is 3. The lowest BCUT2D eigenvalue weighted by molar-refractivity contribution is -0.142. The molecule has 1 aliphatic rings. The van der Waals surface area contributed by atoms with E-state index in [0.29, 0.717) is 38.5 Å². The first-order valence-corrected chi connectivity index (χ1v) is 46.3. The summed E-state index contributed by atoms with van der Waals surface area (Å²) in [5.74, 6) is -22.8. The molecule has 1 saturated heterocycles. The number of amides is 18. The number of H-pyrrole nitrogens is 2. The van der Waals surface area contributed by atoms with Crippen molar-refractivity contribution in [1.82, 2.24) is 99.9 Å². The van der Waals surface area contributed by atoms with Crippen LogP contribution in [0.4, 0.5) is 0 Å². The number of carbonyl (C=O) groups is 20. The molecule has 0 saturated carbocycles. The number of hydrogen-bond acceptors (Lipinski definition) is 26. The Hall–Kier alpha value is -13.5. The molecular weight excluding hydrogens is 1840 g/mol. The van der Waals surface area contributed by atoms with Gasteiger partial charge < -0.3 is 137 Å². The fourth-order valence-electron chi connectivity index (χ4n) is 14.9. The average molecular weight is 1970 g/mol. The van der Waals surface area contributed by atoms with Gasteiger partial charge in [0.2, 0.25) is 106 Å². The molecule has 6 rings (SSSR count). The molecule has 3 heterocycles. The number of hydrogen-bond donors (Lipinski definition) is 27. The van der Waals surface area contributed by atoms with E-state index in [1.807, 2.05) is 13.8 Å². The highest BCUT2D eigenvalue weighted by Crippen LogP contribution is 2.25. The van der Waals surface area contributed by atoms with Gasteiger partial charge in [-0.3, -0.25) is 95.9 Å². The Kier molecular flexibility index (Phi) is 45.2. The van der Waals surface area contributed by atoms with E-state index in [9.17, 15) is 117 Å². The first kappa shape index (κ1) is 113. The normalized spacial score (nSPS) is 15.7. The predicted octanol–water partition coefficient (Wildman–Crippen LogP) is -4.78. The minimum absolute atomic E-state index is 0.00964. The van der Waals surface area contributed by atoms with Gasteiger partial charge in [0, 0.05) is 77.9 Å². The Morgan fingerprint density at radius 2 is 0.870 bits per heavy atom. The summed E-state index contributed by atoms with van der Waals surface area (Å²) in [6, 6.07) is -3.31. The molecule has 0 bridgehead atoms. The molecule has 138 heavy (non-hydrogen) atoms. The fourth-order valence-corrected chi connectivity index (χ4v) is 15.4. The van der Waals surface area contributed by atoms with Crippen molar-refractivity contribution in [3.05, 3.63) is 102 Å². The number of carbonyl (C=O) groups excluding carboxylic acids is 18. The van der Waals surface area contributed by atoms with Crippen molar-refractivity contribution in [3.63, 3.8) is 0 Å². The van der Waals surface area contributed by atoms with Gasteiger partial charge >= 0.3 is 11.9 Å². The van der Waals surface area contributed by atoms with Gasteiger partial charge in [0.25, 0.3) is 0 Å². The van der Waals surface area contributed by atoms with E-state index >= 15 is 4.79 Å². The van der Waals surface area contributed by atoms with E-state index in [4.69, 9.17) is 11.5 Å². The Bertz CT molecular complexity index is 5150. The molecule has 756 valence electrons. The number of primary amides is 1. The molecule has 27 N–H and O–H groups in total. The van der Waals surface area contributed by atoms with Gasteiger partial charge in [0.15, 0.2) is 0 Å². The molecule has 1 aliphatic heterocycles. The summed E-state index contributed by atoms with van der Waals surface area (Å²) in [5, 5.41) is 91.5. The number of carboxylic acid groups (broad SMARTS) is 2. The number of aliphatic carboxylic acids is 2. The van der Waals surface area contributed by atoms with Crippen molar-refractivity contribution in [2.45, 2.75) is 237 Å². The molecule has 5 aromatic rings. The summed E-state index contributed by atoms with van der Waals surface area (Å²) < 4.78 is 0. The summed E-state index contributed by atoms with van der Waals surface area (Å²) in [6.07, 6.45) is -1.01. The number of thiol groups is 2. The Balaban J connectivity index is 1.12. The predicted molar refractivity (Wildman–Crippen MR) is 506 cm³/mol. The van der Waals surface area contributed by atoms with Gasteiger partial charge in [-0.1, -0.05) is 104 Å². The molecule has 1 fully saturated rings. The number of nitrogens with one attached hydrogen (secondary N) is 18. The average Bonchev–Trinajstić information content (AvgIpc) is 1.69. The van der Waals surface area contributed by atoms with Crippen LogP contribution in [0.5, 0.6) is 5.75 Å². The largest absolute Gasteiger partial charge is 0.508 e. The van der Waals surface area contributed by atoms with Crippen LogP contribution in [0.3, 0.4) is 0 Å². The third-order valence-electron chi connectivity index (χ3n) is 22.2. The fraction of sp³-hybridized carbons (Fsp3) is 0.533.